The molecular formula is C11H21NO5S. The van der Waals surface area contributed by atoms with Crippen LogP contribution in [-0.4, -0.2) is 54.4 Å². The molecule has 1 unspecified atom stereocenters. The molecule has 0 bridgehead atoms. The summed E-state index contributed by atoms with van der Waals surface area (Å²) in [7, 11) is -3.98. The molecular weight excluding hydrogens is 258 g/mol. The van der Waals surface area contributed by atoms with Crippen LogP contribution in [0.15, 0.2) is 0 Å². The van der Waals surface area contributed by atoms with E-state index in [0.717, 1.165) is 0 Å². The monoisotopic (exact) mass is 279 g/mol. The molecule has 0 radical (unpaired) electrons. The Kier molecular flexibility index (Phi) is 6.31. The van der Waals surface area contributed by atoms with E-state index in [1.54, 1.807) is 13.8 Å². The highest BCUT2D eigenvalue weighted by molar-refractivity contribution is 7.93. The largest absolute Gasteiger partial charge is 0.480 e. The quantitative estimate of drug-likeness (QED) is 0.727. The Balaban J connectivity index is 5.05. The van der Waals surface area contributed by atoms with Crippen molar-refractivity contribution in [3.63, 3.8) is 0 Å². The van der Waals surface area contributed by atoms with E-state index >= 15 is 0 Å². The predicted octanol–water partition coefficient (Wildman–Crippen LogP) is 0.379. The zero-order valence-electron chi connectivity index (χ0n) is 11.2. The van der Waals surface area contributed by atoms with E-state index in [2.05, 4.69) is 0 Å². The van der Waals surface area contributed by atoms with Crippen LogP contribution in [0.5, 0.6) is 0 Å². The maximum atomic E-state index is 11.9. The first-order valence-electron chi connectivity index (χ1n) is 5.89. The summed E-state index contributed by atoms with van der Waals surface area (Å²) in [5.41, 5.74) is 0. The lowest BCUT2D eigenvalue weighted by Gasteiger charge is -2.21. The fourth-order valence-electron chi connectivity index (χ4n) is 1.78. The minimum absolute atomic E-state index is 0.407. The van der Waals surface area contributed by atoms with Gasteiger partial charge in [-0.25, -0.2) is 8.42 Å². The maximum Gasteiger partial charge on any atom is 0.322 e. The second-order valence-corrected chi connectivity index (χ2v) is 6.50. The molecule has 0 rings (SSSR count). The number of carboxylic acid groups (broad SMARTS) is 1. The van der Waals surface area contributed by atoms with Crippen LogP contribution in [0, 0.1) is 5.92 Å². The molecule has 1 amide bonds. The summed E-state index contributed by atoms with van der Waals surface area (Å²) >= 11 is 0. The smallest absolute Gasteiger partial charge is 0.322 e. The van der Waals surface area contributed by atoms with Gasteiger partial charge in [-0.3, -0.25) is 9.59 Å². The average molecular weight is 279 g/mol. The Labute approximate surface area is 108 Å². The number of amides is 1. The number of hydrogen-bond acceptors (Lipinski definition) is 4. The number of carboxylic acids is 1. The number of nitrogens with zero attached hydrogens (tertiary/aromatic N) is 1. The fraction of sp³-hybridized carbons (Fsp3) is 0.818. The van der Waals surface area contributed by atoms with Gasteiger partial charge in [-0.05, 0) is 19.8 Å². The molecule has 1 atom stereocenters. The standard InChI is InChI=1S/C11H21NO5S/c1-5-12(6-2)9(13)7-18(16,17)10(8(3)4)11(14)15/h8,10H,5-7H2,1-4H3,(H,14,15). The van der Waals surface area contributed by atoms with Crippen LogP contribution in [0.3, 0.4) is 0 Å². The van der Waals surface area contributed by atoms with Crippen molar-refractivity contribution in [2.24, 2.45) is 5.92 Å². The molecule has 0 aliphatic carbocycles. The van der Waals surface area contributed by atoms with Gasteiger partial charge in [-0.2, -0.15) is 0 Å². The van der Waals surface area contributed by atoms with Gasteiger partial charge in [-0.1, -0.05) is 13.8 Å². The molecule has 0 aromatic rings. The molecule has 7 heteroatoms. The third-order valence-electron chi connectivity index (χ3n) is 2.68. The summed E-state index contributed by atoms with van der Waals surface area (Å²) in [5, 5.41) is 7.41. The lowest BCUT2D eigenvalue weighted by Crippen LogP contribution is -2.42. The first-order chi connectivity index (χ1) is 8.17. The van der Waals surface area contributed by atoms with E-state index in [9.17, 15) is 18.0 Å². The van der Waals surface area contributed by atoms with Crippen molar-refractivity contribution in [3.05, 3.63) is 0 Å². The number of rotatable bonds is 7. The zero-order chi connectivity index (χ0) is 14.5. The third-order valence-corrected chi connectivity index (χ3v) is 4.85. The van der Waals surface area contributed by atoms with Crippen LogP contribution < -0.4 is 0 Å². The topological polar surface area (TPSA) is 91.8 Å². The Morgan fingerprint density at radius 1 is 1.17 bits per heavy atom. The van der Waals surface area contributed by atoms with Crippen LogP contribution >= 0.6 is 0 Å². The van der Waals surface area contributed by atoms with Crippen molar-refractivity contribution in [1.29, 1.82) is 0 Å². The highest BCUT2D eigenvalue weighted by Gasteiger charge is 2.37. The molecule has 1 N–H and O–H groups in total. The van der Waals surface area contributed by atoms with Crippen LogP contribution in [-0.2, 0) is 19.4 Å². The Bertz CT molecular complexity index is 398. The van der Waals surface area contributed by atoms with E-state index in [0.29, 0.717) is 13.1 Å². The molecule has 0 aliphatic rings. The van der Waals surface area contributed by atoms with Gasteiger partial charge < -0.3 is 10.0 Å². The summed E-state index contributed by atoms with van der Waals surface area (Å²) in [6.45, 7) is 7.32. The van der Waals surface area contributed by atoms with E-state index in [1.807, 2.05) is 0 Å². The number of hydrogen-bond donors (Lipinski definition) is 1. The lowest BCUT2D eigenvalue weighted by atomic mass is 10.1. The highest BCUT2D eigenvalue weighted by Crippen LogP contribution is 2.14. The number of carbonyl (C=O) groups is 2. The summed E-state index contributed by atoms with van der Waals surface area (Å²) in [5.74, 6) is -3.27. The molecule has 6 nitrogen and oxygen atoms in total. The second-order valence-electron chi connectivity index (χ2n) is 4.38. The van der Waals surface area contributed by atoms with Gasteiger partial charge in [0.2, 0.25) is 5.91 Å². The summed E-state index contributed by atoms with van der Waals surface area (Å²) < 4.78 is 23.9. The van der Waals surface area contributed by atoms with Crippen LogP contribution in [0.1, 0.15) is 27.7 Å². The second kappa shape index (κ2) is 6.72. The maximum absolute atomic E-state index is 11.9. The van der Waals surface area contributed by atoms with Crippen molar-refractivity contribution in [2.45, 2.75) is 32.9 Å². The number of carbonyl (C=O) groups excluding carboxylic acids is 1. The average Bonchev–Trinajstić information content (AvgIpc) is 2.15. The normalized spacial score (nSPS) is 13.4. The van der Waals surface area contributed by atoms with E-state index in [-0.39, 0.29) is 0 Å². The summed E-state index contributed by atoms with van der Waals surface area (Å²) in [4.78, 5) is 24.1. The van der Waals surface area contributed by atoms with Crippen molar-refractivity contribution in [2.75, 3.05) is 18.8 Å². The molecule has 0 fully saturated rings. The Hall–Kier alpha value is -1.11. The third kappa shape index (κ3) is 4.29. The van der Waals surface area contributed by atoms with Gasteiger partial charge in [0.1, 0.15) is 5.75 Å². The number of sulfone groups is 1. The van der Waals surface area contributed by atoms with Crippen LogP contribution in [0.2, 0.25) is 0 Å². The molecule has 0 heterocycles. The molecule has 0 spiro atoms. The lowest BCUT2D eigenvalue weighted by molar-refractivity contribution is -0.137. The van der Waals surface area contributed by atoms with Crippen molar-refractivity contribution in [3.8, 4) is 0 Å². The summed E-state index contributed by atoms with van der Waals surface area (Å²) in [6.07, 6.45) is 0. The van der Waals surface area contributed by atoms with Crippen molar-refractivity contribution >= 4 is 21.7 Å². The van der Waals surface area contributed by atoms with Gasteiger partial charge in [-0.15, -0.1) is 0 Å². The molecule has 106 valence electrons. The van der Waals surface area contributed by atoms with Crippen molar-refractivity contribution in [1.82, 2.24) is 4.90 Å². The fourth-order valence-corrected chi connectivity index (χ4v) is 3.63. The molecule has 0 aromatic heterocycles. The van der Waals surface area contributed by atoms with Gasteiger partial charge in [0.05, 0.1) is 0 Å². The van der Waals surface area contributed by atoms with Crippen LogP contribution in [0.25, 0.3) is 0 Å². The first-order valence-corrected chi connectivity index (χ1v) is 7.61. The molecule has 18 heavy (non-hydrogen) atoms. The molecule has 0 saturated heterocycles. The Morgan fingerprint density at radius 2 is 1.61 bits per heavy atom. The minimum atomic E-state index is -3.98. The van der Waals surface area contributed by atoms with Gasteiger partial charge in [0.25, 0.3) is 0 Å². The van der Waals surface area contributed by atoms with E-state index in [1.165, 1.54) is 18.7 Å². The van der Waals surface area contributed by atoms with Gasteiger partial charge in [0, 0.05) is 13.1 Å². The molecule has 0 aliphatic heterocycles. The van der Waals surface area contributed by atoms with E-state index in [4.69, 9.17) is 5.11 Å². The predicted molar refractivity (Wildman–Crippen MR) is 68.0 cm³/mol. The molecule has 0 aromatic carbocycles. The van der Waals surface area contributed by atoms with Gasteiger partial charge in [0.15, 0.2) is 15.1 Å². The van der Waals surface area contributed by atoms with E-state index < -0.39 is 38.6 Å². The van der Waals surface area contributed by atoms with Crippen molar-refractivity contribution < 1.29 is 23.1 Å². The summed E-state index contributed by atoms with van der Waals surface area (Å²) in [6, 6.07) is 0. The Morgan fingerprint density at radius 3 is 1.89 bits per heavy atom. The first kappa shape index (κ1) is 16.9. The van der Waals surface area contributed by atoms with Crippen LogP contribution in [0.4, 0.5) is 0 Å². The molecule has 0 saturated carbocycles. The SMILES string of the molecule is CCN(CC)C(=O)CS(=O)(=O)C(C(=O)O)C(C)C. The highest BCUT2D eigenvalue weighted by atomic mass is 32.2. The number of aliphatic carboxylic acids is 1. The van der Waals surface area contributed by atoms with Gasteiger partial charge >= 0.3 is 5.97 Å². The zero-order valence-corrected chi connectivity index (χ0v) is 12.0. The minimum Gasteiger partial charge on any atom is -0.480 e.